The molecule has 0 fully saturated rings. The number of rotatable bonds is 11. The van der Waals surface area contributed by atoms with Gasteiger partial charge in [0.1, 0.15) is 17.2 Å². The highest BCUT2D eigenvalue weighted by molar-refractivity contribution is 5.91. The van der Waals surface area contributed by atoms with Crippen LogP contribution in [0.3, 0.4) is 0 Å². The van der Waals surface area contributed by atoms with Crippen molar-refractivity contribution >= 4 is 5.97 Å². The highest BCUT2D eigenvalue weighted by Crippen LogP contribution is 2.26. The molecule has 32 heavy (non-hydrogen) atoms. The first-order valence-corrected chi connectivity index (χ1v) is 11.3. The molecule has 0 amide bonds. The Morgan fingerprint density at radius 3 is 1.88 bits per heavy atom. The number of unbranched alkanes of at least 4 members (excludes halogenated alkanes) is 3. The van der Waals surface area contributed by atoms with Crippen LogP contribution in [0.4, 0.5) is 0 Å². The number of methoxy groups -OCH3 is 1. The minimum Gasteiger partial charge on any atom is -0.497 e. The van der Waals surface area contributed by atoms with Crippen LogP contribution in [-0.2, 0) is 0 Å². The lowest BCUT2D eigenvalue weighted by Gasteiger charge is -2.15. The summed E-state index contributed by atoms with van der Waals surface area (Å²) in [7, 11) is 1.59. The van der Waals surface area contributed by atoms with Gasteiger partial charge in [-0.25, -0.2) is 4.79 Å². The molecule has 0 spiro atoms. The maximum Gasteiger partial charge on any atom is 0.343 e. The fourth-order valence-electron chi connectivity index (χ4n) is 3.48. The van der Waals surface area contributed by atoms with E-state index >= 15 is 0 Å². The maximum absolute atomic E-state index is 12.3. The second-order valence-corrected chi connectivity index (χ2v) is 7.94. The van der Waals surface area contributed by atoms with Gasteiger partial charge in [-0.1, -0.05) is 50.5 Å². The van der Waals surface area contributed by atoms with Crippen LogP contribution in [0.15, 0.2) is 72.8 Å². The van der Waals surface area contributed by atoms with Crippen LogP contribution in [0.25, 0.3) is 11.1 Å². The standard InChI is InChI=1S/C28H32O4/c1-4-5-6-7-8-21(2)31-26-17-9-22(10-18-26)23-11-19-27(20-12-23)32-28(29)24-13-15-25(30-3)16-14-24/h9-21H,4-8H2,1-3H3/t21-/m1/s1. The van der Waals surface area contributed by atoms with Gasteiger partial charge in [-0.3, -0.25) is 0 Å². The van der Waals surface area contributed by atoms with Gasteiger partial charge < -0.3 is 14.2 Å². The number of esters is 1. The summed E-state index contributed by atoms with van der Waals surface area (Å²) < 4.78 is 16.6. The molecular weight excluding hydrogens is 400 g/mol. The SMILES string of the molecule is CCCCCC[C@@H](C)Oc1ccc(-c2ccc(OC(=O)c3ccc(OC)cc3)cc2)cc1. The molecule has 0 saturated heterocycles. The van der Waals surface area contributed by atoms with E-state index in [9.17, 15) is 4.79 Å². The lowest BCUT2D eigenvalue weighted by molar-refractivity contribution is 0.0734. The van der Waals surface area contributed by atoms with Crippen molar-refractivity contribution in [2.75, 3.05) is 7.11 Å². The van der Waals surface area contributed by atoms with Gasteiger partial charge in [-0.05, 0) is 79.4 Å². The van der Waals surface area contributed by atoms with Gasteiger partial charge in [0.25, 0.3) is 0 Å². The third-order valence-electron chi connectivity index (χ3n) is 5.38. The highest BCUT2D eigenvalue weighted by Gasteiger charge is 2.09. The molecule has 168 valence electrons. The van der Waals surface area contributed by atoms with Crippen molar-refractivity contribution in [3.05, 3.63) is 78.4 Å². The van der Waals surface area contributed by atoms with Crippen LogP contribution in [0.2, 0.25) is 0 Å². The zero-order valence-corrected chi connectivity index (χ0v) is 19.2. The van der Waals surface area contributed by atoms with Crippen LogP contribution in [0.1, 0.15) is 56.3 Å². The molecule has 4 heteroatoms. The lowest BCUT2D eigenvalue weighted by atomic mass is 10.1. The minimum atomic E-state index is -0.397. The Bertz CT molecular complexity index is 960. The molecule has 0 heterocycles. The second kappa shape index (κ2) is 11.9. The van der Waals surface area contributed by atoms with Crippen molar-refractivity contribution in [1.82, 2.24) is 0 Å². The lowest BCUT2D eigenvalue weighted by Crippen LogP contribution is -2.11. The molecule has 0 aliphatic carbocycles. The molecule has 0 radical (unpaired) electrons. The monoisotopic (exact) mass is 432 g/mol. The largest absolute Gasteiger partial charge is 0.497 e. The molecule has 0 unspecified atom stereocenters. The van der Waals surface area contributed by atoms with Crippen molar-refractivity contribution in [3.8, 4) is 28.4 Å². The topological polar surface area (TPSA) is 44.8 Å². The zero-order valence-electron chi connectivity index (χ0n) is 19.2. The van der Waals surface area contributed by atoms with Crippen LogP contribution < -0.4 is 14.2 Å². The van der Waals surface area contributed by atoms with Crippen LogP contribution >= 0.6 is 0 Å². The molecule has 3 rings (SSSR count). The zero-order chi connectivity index (χ0) is 22.8. The average molecular weight is 433 g/mol. The van der Waals surface area contributed by atoms with E-state index in [1.54, 1.807) is 43.5 Å². The molecule has 0 aromatic heterocycles. The fourth-order valence-corrected chi connectivity index (χ4v) is 3.48. The third-order valence-corrected chi connectivity index (χ3v) is 5.38. The van der Waals surface area contributed by atoms with Crippen molar-refractivity contribution in [2.45, 2.75) is 52.1 Å². The number of carbonyl (C=O) groups is 1. The van der Waals surface area contributed by atoms with E-state index in [0.29, 0.717) is 17.1 Å². The first-order chi connectivity index (χ1) is 15.6. The minimum absolute atomic E-state index is 0.220. The van der Waals surface area contributed by atoms with Gasteiger partial charge in [0.15, 0.2) is 0 Å². The Morgan fingerprint density at radius 2 is 1.31 bits per heavy atom. The van der Waals surface area contributed by atoms with E-state index in [1.165, 1.54) is 25.7 Å². The molecule has 3 aromatic carbocycles. The molecule has 0 N–H and O–H groups in total. The van der Waals surface area contributed by atoms with Gasteiger partial charge >= 0.3 is 5.97 Å². The van der Waals surface area contributed by atoms with E-state index in [0.717, 1.165) is 23.3 Å². The first-order valence-electron chi connectivity index (χ1n) is 11.3. The summed E-state index contributed by atoms with van der Waals surface area (Å²) in [6, 6.07) is 22.5. The van der Waals surface area contributed by atoms with Crippen molar-refractivity contribution < 1.29 is 19.0 Å². The number of ether oxygens (including phenoxy) is 3. The molecule has 4 nitrogen and oxygen atoms in total. The summed E-state index contributed by atoms with van der Waals surface area (Å²) in [6.45, 7) is 4.36. The first kappa shape index (κ1) is 23.4. The van der Waals surface area contributed by atoms with Crippen molar-refractivity contribution in [2.24, 2.45) is 0 Å². The van der Waals surface area contributed by atoms with Gasteiger partial charge in [0.2, 0.25) is 0 Å². The number of hydrogen-bond acceptors (Lipinski definition) is 4. The predicted molar refractivity (Wildman–Crippen MR) is 129 cm³/mol. The molecule has 1 atom stereocenters. The summed E-state index contributed by atoms with van der Waals surface area (Å²) >= 11 is 0. The predicted octanol–water partition coefficient (Wildman–Crippen LogP) is 7.32. The Hall–Kier alpha value is -3.27. The summed E-state index contributed by atoms with van der Waals surface area (Å²) in [5, 5.41) is 0. The molecule has 0 bridgehead atoms. The molecular formula is C28H32O4. The van der Waals surface area contributed by atoms with E-state index in [1.807, 2.05) is 24.3 Å². The van der Waals surface area contributed by atoms with E-state index in [2.05, 4.69) is 26.0 Å². The molecule has 3 aromatic rings. The van der Waals surface area contributed by atoms with E-state index in [-0.39, 0.29) is 6.10 Å². The summed E-state index contributed by atoms with van der Waals surface area (Å²) in [6.07, 6.45) is 6.33. The Labute approximate surface area is 191 Å². The quantitative estimate of drug-likeness (QED) is 0.181. The average Bonchev–Trinajstić information content (AvgIpc) is 2.83. The fraction of sp³-hybridized carbons (Fsp3) is 0.321. The van der Waals surface area contributed by atoms with Crippen molar-refractivity contribution in [3.63, 3.8) is 0 Å². The van der Waals surface area contributed by atoms with Gasteiger partial charge in [0.05, 0.1) is 18.8 Å². The Balaban J connectivity index is 1.54. The summed E-state index contributed by atoms with van der Waals surface area (Å²) in [5.41, 5.74) is 2.61. The van der Waals surface area contributed by atoms with Crippen LogP contribution in [0, 0.1) is 0 Å². The van der Waals surface area contributed by atoms with Crippen molar-refractivity contribution in [1.29, 1.82) is 0 Å². The molecule has 0 aliphatic rings. The van der Waals surface area contributed by atoms with Gasteiger partial charge in [-0.15, -0.1) is 0 Å². The van der Waals surface area contributed by atoms with E-state index in [4.69, 9.17) is 14.2 Å². The van der Waals surface area contributed by atoms with Gasteiger partial charge in [-0.2, -0.15) is 0 Å². The van der Waals surface area contributed by atoms with Crippen LogP contribution in [-0.4, -0.2) is 19.2 Å². The Morgan fingerprint density at radius 1 is 0.750 bits per heavy atom. The summed E-state index contributed by atoms with van der Waals surface area (Å²) in [4.78, 5) is 12.3. The third kappa shape index (κ3) is 6.88. The molecule has 0 saturated carbocycles. The van der Waals surface area contributed by atoms with Gasteiger partial charge in [0, 0.05) is 0 Å². The highest BCUT2D eigenvalue weighted by atomic mass is 16.5. The Kier molecular flexibility index (Phi) is 8.73. The summed E-state index contributed by atoms with van der Waals surface area (Å²) in [5.74, 6) is 1.70. The normalized spacial score (nSPS) is 11.6. The smallest absolute Gasteiger partial charge is 0.343 e. The molecule has 0 aliphatic heterocycles. The maximum atomic E-state index is 12.3. The number of benzene rings is 3. The number of hydrogen-bond donors (Lipinski definition) is 0. The second-order valence-electron chi connectivity index (χ2n) is 7.94. The van der Waals surface area contributed by atoms with Crippen LogP contribution in [0.5, 0.6) is 17.2 Å². The number of carbonyl (C=O) groups excluding carboxylic acids is 1. The van der Waals surface area contributed by atoms with E-state index < -0.39 is 5.97 Å².